The number of furan rings is 1. The van der Waals surface area contributed by atoms with E-state index in [0.717, 1.165) is 5.56 Å². The van der Waals surface area contributed by atoms with Crippen LogP contribution in [0.4, 0.5) is 11.4 Å². The number of hydrazine groups is 1. The molecule has 0 aliphatic carbocycles. The Labute approximate surface area is 162 Å². The molecule has 28 heavy (non-hydrogen) atoms. The number of nitrogens with one attached hydrogen (secondary N) is 4. The van der Waals surface area contributed by atoms with Gasteiger partial charge in [-0.15, -0.1) is 0 Å². The zero-order valence-corrected chi connectivity index (χ0v) is 15.0. The fraction of sp³-hybridized carbons (Fsp3) is 0.143. The van der Waals surface area contributed by atoms with Crippen LogP contribution in [-0.4, -0.2) is 17.9 Å². The van der Waals surface area contributed by atoms with Gasteiger partial charge in [-0.1, -0.05) is 36.4 Å². The van der Waals surface area contributed by atoms with Gasteiger partial charge >= 0.3 is 0 Å². The van der Waals surface area contributed by atoms with Crippen molar-refractivity contribution in [3.05, 3.63) is 84.3 Å². The van der Waals surface area contributed by atoms with Crippen LogP contribution in [0.1, 0.15) is 28.6 Å². The molecule has 0 spiro atoms. The van der Waals surface area contributed by atoms with E-state index in [9.17, 15) is 9.59 Å². The fourth-order valence-corrected chi connectivity index (χ4v) is 3.14. The van der Waals surface area contributed by atoms with Crippen LogP contribution in [0.15, 0.2) is 77.4 Å². The van der Waals surface area contributed by atoms with Gasteiger partial charge in [0.15, 0.2) is 5.76 Å². The second-order valence-corrected chi connectivity index (χ2v) is 6.54. The van der Waals surface area contributed by atoms with Gasteiger partial charge in [0, 0.05) is 17.4 Å². The summed E-state index contributed by atoms with van der Waals surface area (Å²) in [5.41, 5.74) is 8.52. The normalized spacial score (nSPS) is 18.6. The average Bonchev–Trinajstić information content (AvgIpc) is 3.41. The standard InChI is InChI=1S/C21H20N4O3/c26-20(18-13-17(24-25-18)14-6-2-1-3-7-14)22-15-8-4-9-16(12-15)23-21(27)19-10-5-11-28-19/h1-12,17-18,24-25H,13H2,(H,22,26)(H,23,27). The number of hydrogen-bond acceptors (Lipinski definition) is 5. The summed E-state index contributed by atoms with van der Waals surface area (Å²) < 4.78 is 5.08. The van der Waals surface area contributed by atoms with Gasteiger partial charge in [-0.2, -0.15) is 0 Å². The van der Waals surface area contributed by atoms with Gasteiger partial charge in [-0.25, -0.2) is 10.9 Å². The fourth-order valence-electron chi connectivity index (χ4n) is 3.14. The highest BCUT2D eigenvalue weighted by Crippen LogP contribution is 2.23. The van der Waals surface area contributed by atoms with E-state index in [2.05, 4.69) is 21.5 Å². The lowest BCUT2D eigenvalue weighted by atomic mass is 10.0. The first-order valence-electron chi connectivity index (χ1n) is 9.01. The Morgan fingerprint density at radius 2 is 1.68 bits per heavy atom. The van der Waals surface area contributed by atoms with Gasteiger partial charge in [0.25, 0.3) is 5.91 Å². The minimum Gasteiger partial charge on any atom is -0.459 e. The van der Waals surface area contributed by atoms with Crippen molar-refractivity contribution in [3.63, 3.8) is 0 Å². The van der Waals surface area contributed by atoms with Crippen LogP contribution >= 0.6 is 0 Å². The van der Waals surface area contributed by atoms with Crippen molar-refractivity contribution in [2.45, 2.75) is 18.5 Å². The third kappa shape index (κ3) is 4.11. The summed E-state index contributed by atoms with van der Waals surface area (Å²) in [6, 6.07) is 19.9. The Morgan fingerprint density at radius 1 is 0.893 bits per heavy atom. The molecule has 1 aromatic heterocycles. The van der Waals surface area contributed by atoms with Gasteiger partial charge in [-0.05, 0) is 42.3 Å². The molecule has 2 heterocycles. The van der Waals surface area contributed by atoms with Crippen LogP contribution in [-0.2, 0) is 4.79 Å². The first-order chi connectivity index (χ1) is 13.7. The summed E-state index contributed by atoms with van der Waals surface area (Å²) in [6.07, 6.45) is 2.08. The van der Waals surface area contributed by atoms with Crippen LogP contribution in [0.3, 0.4) is 0 Å². The molecule has 4 rings (SSSR count). The van der Waals surface area contributed by atoms with Crippen LogP contribution in [0.2, 0.25) is 0 Å². The lowest BCUT2D eigenvalue weighted by molar-refractivity contribution is -0.117. The van der Waals surface area contributed by atoms with E-state index in [0.29, 0.717) is 17.8 Å². The molecule has 7 nitrogen and oxygen atoms in total. The van der Waals surface area contributed by atoms with Crippen molar-refractivity contribution < 1.29 is 14.0 Å². The third-order valence-electron chi connectivity index (χ3n) is 4.55. The lowest BCUT2D eigenvalue weighted by Gasteiger charge is -2.12. The number of rotatable bonds is 5. The number of hydrogen-bond donors (Lipinski definition) is 4. The molecule has 1 aliphatic rings. The molecule has 3 aromatic rings. The average molecular weight is 376 g/mol. The minimum absolute atomic E-state index is 0.0795. The van der Waals surface area contributed by atoms with Gasteiger partial charge in [-0.3, -0.25) is 9.59 Å². The first kappa shape index (κ1) is 18.0. The Hall–Kier alpha value is -3.42. The Bertz CT molecular complexity index is 957. The highest BCUT2D eigenvalue weighted by Gasteiger charge is 2.30. The quantitative estimate of drug-likeness (QED) is 0.549. The maximum absolute atomic E-state index is 12.6. The highest BCUT2D eigenvalue weighted by molar-refractivity contribution is 6.03. The zero-order chi connectivity index (χ0) is 19.3. The van der Waals surface area contributed by atoms with Gasteiger partial charge < -0.3 is 15.1 Å². The first-order valence-corrected chi connectivity index (χ1v) is 9.01. The van der Waals surface area contributed by atoms with E-state index in [-0.39, 0.29) is 29.7 Å². The SMILES string of the molecule is O=C(Nc1cccc(NC(=O)C2CC(c3ccccc3)NN2)c1)c1ccco1. The topological polar surface area (TPSA) is 95.4 Å². The van der Waals surface area contributed by atoms with E-state index in [1.54, 1.807) is 36.4 Å². The van der Waals surface area contributed by atoms with Crippen molar-refractivity contribution in [2.24, 2.45) is 0 Å². The molecule has 1 fully saturated rings. The van der Waals surface area contributed by atoms with Crippen molar-refractivity contribution >= 4 is 23.2 Å². The molecule has 2 unspecified atom stereocenters. The predicted octanol–water partition coefficient (Wildman–Crippen LogP) is 3.08. The molecule has 0 bridgehead atoms. The third-order valence-corrected chi connectivity index (χ3v) is 4.55. The second-order valence-electron chi connectivity index (χ2n) is 6.54. The molecule has 1 aliphatic heterocycles. The second kappa shape index (κ2) is 8.08. The van der Waals surface area contributed by atoms with E-state index in [1.807, 2.05) is 30.3 Å². The number of anilines is 2. The van der Waals surface area contributed by atoms with Crippen LogP contribution in [0, 0.1) is 0 Å². The number of carbonyl (C=O) groups is 2. The van der Waals surface area contributed by atoms with Crippen molar-refractivity contribution in [3.8, 4) is 0 Å². The Morgan fingerprint density at radius 3 is 2.43 bits per heavy atom. The monoisotopic (exact) mass is 376 g/mol. The summed E-state index contributed by atoms with van der Waals surface area (Å²) in [5, 5.41) is 5.63. The van der Waals surface area contributed by atoms with E-state index in [4.69, 9.17) is 4.42 Å². The number of amides is 2. The summed E-state index contributed by atoms with van der Waals surface area (Å²) in [6.45, 7) is 0. The van der Waals surface area contributed by atoms with Gasteiger partial charge in [0.05, 0.1) is 6.26 Å². The van der Waals surface area contributed by atoms with Crippen LogP contribution < -0.4 is 21.5 Å². The smallest absolute Gasteiger partial charge is 0.291 e. The van der Waals surface area contributed by atoms with Crippen LogP contribution in [0.5, 0.6) is 0 Å². The molecule has 1 saturated heterocycles. The Kier molecular flexibility index (Phi) is 5.18. The summed E-state index contributed by atoms with van der Waals surface area (Å²) >= 11 is 0. The largest absolute Gasteiger partial charge is 0.459 e. The highest BCUT2D eigenvalue weighted by atomic mass is 16.3. The maximum atomic E-state index is 12.6. The summed E-state index contributed by atoms with van der Waals surface area (Å²) in [7, 11) is 0. The van der Waals surface area contributed by atoms with Gasteiger partial charge in [0.1, 0.15) is 6.04 Å². The van der Waals surface area contributed by atoms with Crippen molar-refractivity contribution in [2.75, 3.05) is 10.6 Å². The van der Waals surface area contributed by atoms with E-state index in [1.165, 1.54) is 6.26 Å². The molecule has 2 aromatic carbocycles. The minimum atomic E-state index is -0.355. The van der Waals surface area contributed by atoms with Crippen LogP contribution in [0.25, 0.3) is 0 Å². The Balaban J connectivity index is 1.36. The van der Waals surface area contributed by atoms with Crippen molar-refractivity contribution in [1.29, 1.82) is 0 Å². The van der Waals surface area contributed by atoms with E-state index < -0.39 is 0 Å². The molecule has 0 radical (unpaired) electrons. The van der Waals surface area contributed by atoms with E-state index >= 15 is 0 Å². The number of carbonyl (C=O) groups excluding carboxylic acids is 2. The molecule has 2 amide bonds. The summed E-state index contributed by atoms with van der Waals surface area (Å²) in [5.74, 6) is -0.260. The molecule has 7 heteroatoms. The summed E-state index contributed by atoms with van der Waals surface area (Å²) in [4.78, 5) is 24.7. The molecular formula is C21H20N4O3. The van der Waals surface area contributed by atoms with Gasteiger partial charge in [0.2, 0.25) is 5.91 Å². The maximum Gasteiger partial charge on any atom is 0.291 e. The van der Waals surface area contributed by atoms with Crippen molar-refractivity contribution in [1.82, 2.24) is 10.9 Å². The zero-order valence-electron chi connectivity index (χ0n) is 15.0. The molecule has 2 atom stereocenters. The molecule has 0 saturated carbocycles. The molecular weight excluding hydrogens is 356 g/mol. The molecule has 4 N–H and O–H groups in total. The predicted molar refractivity (Wildman–Crippen MR) is 106 cm³/mol. The molecule has 142 valence electrons. The number of benzene rings is 2. The lowest BCUT2D eigenvalue weighted by Crippen LogP contribution is -2.39.